The number of β-amino-alcohol motifs (C(OH)–C–C–N with tert-alkyl or cyclic N) is 1. The third kappa shape index (κ3) is 6.03. The SMILES string of the molecule is CC(=O)N1CCC(CC(=O)N2CC(=O)N(CCc3ccccc3)CC(O)C2)CC1. The summed E-state index contributed by atoms with van der Waals surface area (Å²) in [7, 11) is 0. The summed E-state index contributed by atoms with van der Waals surface area (Å²) in [4.78, 5) is 41.9. The maximum Gasteiger partial charge on any atom is 0.242 e. The minimum Gasteiger partial charge on any atom is -0.389 e. The molecule has 7 nitrogen and oxygen atoms in total. The summed E-state index contributed by atoms with van der Waals surface area (Å²) in [5, 5.41) is 10.4. The molecule has 2 aliphatic rings. The first-order valence-electron chi connectivity index (χ1n) is 10.5. The van der Waals surface area contributed by atoms with Crippen LogP contribution in [0.15, 0.2) is 30.3 Å². The predicted molar refractivity (Wildman–Crippen MR) is 109 cm³/mol. The summed E-state index contributed by atoms with van der Waals surface area (Å²) < 4.78 is 0. The summed E-state index contributed by atoms with van der Waals surface area (Å²) in [6.07, 6.45) is 1.97. The van der Waals surface area contributed by atoms with Crippen LogP contribution in [0.1, 0.15) is 31.7 Å². The largest absolute Gasteiger partial charge is 0.389 e. The van der Waals surface area contributed by atoms with Gasteiger partial charge >= 0.3 is 0 Å². The standard InChI is InChI=1S/C22H31N3O4/c1-17(26)23-10-8-19(9-11-23)13-21(28)25-15-20(27)14-24(22(29)16-25)12-7-18-5-3-2-4-6-18/h2-6,19-20,27H,7-16H2,1H3. The Morgan fingerprint density at radius 3 is 2.41 bits per heavy atom. The highest BCUT2D eigenvalue weighted by Gasteiger charge is 2.31. The molecule has 2 heterocycles. The molecule has 0 aliphatic carbocycles. The van der Waals surface area contributed by atoms with Gasteiger partial charge in [0.2, 0.25) is 17.7 Å². The molecule has 1 aromatic rings. The number of benzene rings is 1. The number of nitrogens with zero attached hydrogens (tertiary/aromatic N) is 3. The fourth-order valence-corrected chi connectivity index (χ4v) is 4.14. The summed E-state index contributed by atoms with van der Waals surface area (Å²) in [5.74, 6) is 0.107. The van der Waals surface area contributed by atoms with E-state index in [1.54, 1.807) is 11.8 Å². The zero-order chi connectivity index (χ0) is 20.8. The van der Waals surface area contributed by atoms with E-state index in [0.29, 0.717) is 26.1 Å². The Morgan fingerprint density at radius 2 is 1.76 bits per heavy atom. The lowest BCUT2D eigenvalue weighted by Gasteiger charge is -2.32. The van der Waals surface area contributed by atoms with E-state index in [-0.39, 0.29) is 43.3 Å². The van der Waals surface area contributed by atoms with E-state index in [4.69, 9.17) is 0 Å². The number of hydrogen-bond donors (Lipinski definition) is 1. The number of aliphatic hydroxyl groups is 1. The predicted octanol–water partition coefficient (Wildman–Crippen LogP) is 0.909. The number of rotatable bonds is 5. The van der Waals surface area contributed by atoms with Gasteiger partial charge in [0.15, 0.2) is 0 Å². The molecule has 0 saturated carbocycles. The number of carbonyl (C=O) groups is 3. The maximum absolute atomic E-state index is 12.8. The van der Waals surface area contributed by atoms with E-state index < -0.39 is 6.10 Å². The first kappa shape index (κ1) is 21.3. The van der Waals surface area contributed by atoms with Crippen molar-refractivity contribution in [2.45, 2.75) is 38.7 Å². The minimum absolute atomic E-state index is 0.0248. The van der Waals surface area contributed by atoms with Gasteiger partial charge in [-0.25, -0.2) is 0 Å². The highest BCUT2D eigenvalue weighted by atomic mass is 16.3. The van der Waals surface area contributed by atoms with Crippen LogP contribution in [-0.4, -0.2) is 82.9 Å². The molecule has 1 N–H and O–H groups in total. The van der Waals surface area contributed by atoms with Gasteiger partial charge in [0.1, 0.15) is 0 Å². The zero-order valence-electron chi connectivity index (χ0n) is 17.1. The van der Waals surface area contributed by atoms with Crippen molar-refractivity contribution in [3.05, 3.63) is 35.9 Å². The second-order valence-electron chi connectivity index (χ2n) is 8.16. The normalized spacial score (nSPS) is 21.2. The van der Waals surface area contributed by atoms with Crippen LogP contribution in [0, 0.1) is 5.92 Å². The number of amides is 3. The summed E-state index contributed by atoms with van der Waals surface area (Å²) in [5.41, 5.74) is 1.14. The smallest absolute Gasteiger partial charge is 0.242 e. The summed E-state index contributed by atoms with van der Waals surface area (Å²) >= 11 is 0. The van der Waals surface area contributed by atoms with Crippen molar-refractivity contribution >= 4 is 17.7 Å². The van der Waals surface area contributed by atoms with Crippen molar-refractivity contribution in [1.82, 2.24) is 14.7 Å². The van der Waals surface area contributed by atoms with Crippen LogP contribution in [-0.2, 0) is 20.8 Å². The van der Waals surface area contributed by atoms with Crippen LogP contribution in [0.3, 0.4) is 0 Å². The average Bonchev–Trinajstić information content (AvgIpc) is 2.85. The molecule has 1 atom stereocenters. The van der Waals surface area contributed by atoms with Crippen molar-refractivity contribution < 1.29 is 19.5 Å². The van der Waals surface area contributed by atoms with E-state index in [2.05, 4.69) is 0 Å². The molecular formula is C22H31N3O4. The lowest BCUT2D eigenvalue weighted by atomic mass is 9.93. The van der Waals surface area contributed by atoms with Crippen molar-refractivity contribution in [3.63, 3.8) is 0 Å². The maximum atomic E-state index is 12.8. The lowest BCUT2D eigenvalue weighted by Crippen LogP contribution is -2.42. The molecule has 7 heteroatoms. The number of aliphatic hydroxyl groups excluding tert-OH is 1. The molecule has 1 aromatic carbocycles. The number of carbonyl (C=O) groups excluding carboxylic acids is 3. The molecule has 0 bridgehead atoms. The van der Waals surface area contributed by atoms with Gasteiger partial charge in [0.25, 0.3) is 0 Å². The topological polar surface area (TPSA) is 81.2 Å². The van der Waals surface area contributed by atoms with Gasteiger partial charge in [-0.3, -0.25) is 14.4 Å². The molecule has 29 heavy (non-hydrogen) atoms. The van der Waals surface area contributed by atoms with Crippen LogP contribution < -0.4 is 0 Å². The van der Waals surface area contributed by atoms with Crippen molar-refractivity contribution in [1.29, 1.82) is 0 Å². The highest BCUT2D eigenvalue weighted by molar-refractivity contribution is 5.85. The first-order chi connectivity index (χ1) is 13.9. The zero-order valence-corrected chi connectivity index (χ0v) is 17.1. The Kier molecular flexibility index (Phi) is 7.25. The van der Waals surface area contributed by atoms with E-state index in [1.807, 2.05) is 35.2 Å². The average molecular weight is 402 g/mol. The Hall–Kier alpha value is -2.41. The van der Waals surface area contributed by atoms with Crippen molar-refractivity contribution in [3.8, 4) is 0 Å². The lowest BCUT2D eigenvalue weighted by molar-refractivity contribution is -0.139. The van der Waals surface area contributed by atoms with Crippen molar-refractivity contribution in [2.75, 3.05) is 39.3 Å². The molecule has 2 saturated heterocycles. The van der Waals surface area contributed by atoms with E-state index >= 15 is 0 Å². The Labute approximate surface area is 172 Å². The molecule has 2 aliphatic heterocycles. The van der Waals surface area contributed by atoms with Gasteiger partial charge in [-0.2, -0.15) is 0 Å². The van der Waals surface area contributed by atoms with E-state index in [1.165, 1.54) is 4.90 Å². The van der Waals surface area contributed by atoms with Crippen molar-refractivity contribution in [2.24, 2.45) is 5.92 Å². The number of likely N-dealkylation sites (tertiary alicyclic amines) is 1. The third-order valence-electron chi connectivity index (χ3n) is 5.93. The number of hydrogen-bond acceptors (Lipinski definition) is 4. The van der Waals surface area contributed by atoms with E-state index in [9.17, 15) is 19.5 Å². The fourth-order valence-electron chi connectivity index (χ4n) is 4.14. The summed E-state index contributed by atoms with van der Waals surface area (Å²) in [6, 6.07) is 9.93. The molecule has 0 spiro atoms. The second-order valence-corrected chi connectivity index (χ2v) is 8.16. The monoisotopic (exact) mass is 401 g/mol. The molecule has 1 unspecified atom stereocenters. The Balaban J connectivity index is 1.51. The highest BCUT2D eigenvalue weighted by Crippen LogP contribution is 2.22. The molecule has 0 aromatic heterocycles. The van der Waals surface area contributed by atoms with E-state index in [0.717, 1.165) is 24.8 Å². The van der Waals surface area contributed by atoms with Gasteiger partial charge in [-0.15, -0.1) is 0 Å². The van der Waals surface area contributed by atoms with Crippen LogP contribution in [0.4, 0.5) is 0 Å². The van der Waals surface area contributed by atoms with Crippen LogP contribution >= 0.6 is 0 Å². The quantitative estimate of drug-likeness (QED) is 0.795. The molecular weight excluding hydrogens is 370 g/mol. The minimum atomic E-state index is -0.735. The molecule has 2 fully saturated rings. The van der Waals surface area contributed by atoms with Crippen LogP contribution in [0.25, 0.3) is 0 Å². The van der Waals surface area contributed by atoms with Gasteiger partial charge in [-0.1, -0.05) is 30.3 Å². The molecule has 0 radical (unpaired) electrons. The van der Waals surface area contributed by atoms with Crippen LogP contribution in [0.2, 0.25) is 0 Å². The Morgan fingerprint density at radius 1 is 1.07 bits per heavy atom. The molecule has 3 rings (SSSR count). The number of piperidine rings is 1. The van der Waals surface area contributed by atoms with Gasteiger partial charge in [-0.05, 0) is 30.7 Å². The van der Waals surface area contributed by atoms with Gasteiger partial charge in [0.05, 0.1) is 12.6 Å². The fraction of sp³-hybridized carbons (Fsp3) is 0.591. The molecule has 3 amide bonds. The third-order valence-corrected chi connectivity index (χ3v) is 5.93. The summed E-state index contributed by atoms with van der Waals surface area (Å²) in [6.45, 7) is 3.94. The second kappa shape index (κ2) is 9.87. The van der Waals surface area contributed by atoms with Gasteiger partial charge in [0, 0.05) is 46.1 Å². The van der Waals surface area contributed by atoms with Crippen LogP contribution in [0.5, 0.6) is 0 Å². The molecule has 158 valence electrons. The van der Waals surface area contributed by atoms with Gasteiger partial charge < -0.3 is 19.8 Å². The first-order valence-corrected chi connectivity index (χ1v) is 10.5. The Bertz CT molecular complexity index is 716.